The molecule has 7 nitrogen and oxygen atoms in total. The lowest BCUT2D eigenvalue weighted by molar-refractivity contribution is -0.137. The van der Waals surface area contributed by atoms with Crippen molar-refractivity contribution in [3.63, 3.8) is 0 Å². The molecule has 0 aliphatic rings. The SMILES string of the molecule is O=C(O)N(Cc1cccc(-n2cnnn2)c1)c1cccc(C(F)(F)F)c1. The summed E-state index contributed by atoms with van der Waals surface area (Å²) in [6.07, 6.45) is -4.54. The molecule has 0 spiro atoms. The molecule has 1 heterocycles. The molecule has 3 rings (SSSR count). The number of tetrazole rings is 1. The van der Waals surface area contributed by atoms with Crippen LogP contribution in [0.1, 0.15) is 11.1 Å². The summed E-state index contributed by atoms with van der Waals surface area (Å²) in [6, 6.07) is 10.9. The highest BCUT2D eigenvalue weighted by Gasteiger charge is 2.31. The highest BCUT2D eigenvalue weighted by Crippen LogP contribution is 2.32. The van der Waals surface area contributed by atoms with Crippen LogP contribution in [0.5, 0.6) is 0 Å². The predicted molar refractivity (Wildman–Crippen MR) is 84.8 cm³/mol. The van der Waals surface area contributed by atoms with Gasteiger partial charge in [-0.25, -0.2) is 9.48 Å². The second kappa shape index (κ2) is 6.82. The molecular formula is C16H12F3N5O2. The van der Waals surface area contributed by atoms with Crippen molar-refractivity contribution < 1.29 is 23.1 Å². The molecule has 0 aliphatic carbocycles. The normalized spacial score (nSPS) is 11.3. The van der Waals surface area contributed by atoms with Gasteiger partial charge in [0.15, 0.2) is 0 Å². The van der Waals surface area contributed by atoms with Gasteiger partial charge in [-0.3, -0.25) is 4.90 Å². The summed E-state index contributed by atoms with van der Waals surface area (Å²) >= 11 is 0. The minimum atomic E-state index is -4.56. The number of nitrogens with zero attached hydrogens (tertiary/aromatic N) is 5. The van der Waals surface area contributed by atoms with E-state index in [9.17, 15) is 23.1 Å². The van der Waals surface area contributed by atoms with E-state index in [-0.39, 0.29) is 12.2 Å². The summed E-state index contributed by atoms with van der Waals surface area (Å²) in [5.74, 6) is 0. The van der Waals surface area contributed by atoms with E-state index >= 15 is 0 Å². The van der Waals surface area contributed by atoms with Gasteiger partial charge in [0, 0.05) is 5.69 Å². The van der Waals surface area contributed by atoms with Crippen LogP contribution in [0.2, 0.25) is 0 Å². The van der Waals surface area contributed by atoms with Gasteiger partial charge in [0.1, 0.15) is 6.33 Å². The third kappa shape index (κ3) is 3.79. The lowest BCUT2D eigenvalue weighted by Crippen LogP contribution is -2.29. The molecule has 1 N–H and O–H groups in total. The fourth-order valence-corrected chi connectivity index (χ4v) is 2.38. The fraction of sp³-hybridized carbons (Fsp3) is 0.125. The molecule has 1 amide bonds. The molecule has 0 unspecified atom stereocenters. The molecule has 0 aliphatic heterocycles. The molecule has 0 fully saturated rings. The van der Waals surface area contributed by atoms with Crippen LogP contribution >= 0.6 is 0 Å². The number of hydrogen-bond donors (Lipinski definition) is 1. The Balaban J connectivity index is 1.91. The smallest absolute Gasteiger partial charge is 0.416 e. The predicted octanol–water partition coefficient (Wildman–Crippen LogP) is 3.37. The van der Waals surface area contributed by atoms with Crippen LogP contribution in [0, 0.1) is 0 Å². The van der Waals surface area contributed by atoms with Gasteiger partial charge in [-0.2, -0.15) is 13.2 Å². The van der Waals surface area contributed by atoms with E-state index in [2.05, 4.69) is 15.5 Å². The van der Waals surface area contributed by atoms with Gasteiger partial charge < -0.3 is 5.11 Å². The maximum Gasteiger partial charge on any atom is 0.416 e. The lowest BCUT2D eigenvalue weighted by Gasteiger charge is -2.21. The quantitative estimate of drug-likeness (QED) is 0.768. The maximum atomic E-state index is 12.9. The molecule has 3 aromatic rings. The molecular weight excluding hydrogens is 351 g/mol. The number of amides is 1. The molecule has 0 saturated carbocycles. The van der Waals surface area contributed by atoms with Crippen molar-refractivity contribution in [2.45, 2.75) is 12.7 Å². The average molecular weight is 363 g/mol. The first-order valence-corrected chi connectivity index (χ1v) is 7.34. The number of hydrogen-bond acceptors (Lipinski definition) is 4. The van der Waals surface area contributed by atoms with Crippen molar-refractivity contribution in [1.82, 2.24) is 20.2 Å². The zero-order valence-electron chi connectivity index (χ0n) is 13.1. The van der Waals surface area contributed by atoms with Crippen LogP contribution in [0.25, 0.3) is 5.69 Å². The summed E-state index contributed by atoms with van der Waals surface area (Å²) in [7, 11) is 0. The van der Waals surface area contributed by atoms with Crippen molar-refractivity contribution in [2.24, 2.45) is 0 Å². The van der Waals surface area contributed by atoms with Crippen LogP contribution in [0.4, 0.5) is 23.7 Å². The highest BCUT2D eigenvalue weighted by atomic mass is 19.4. The molecule has 0 saturated heterocycles. The van der Waals surface area contributed by atoms with E-state index in [0.717, 1.165) is 17.0 Å². The van der Waals surface area contributed by atoms with Gasteiger partial charge >= 0.3 is 12.3 Å². The van der Waals surface area contributed by atoms with E-state index in [1.54, 1.807) is 24.3 Å². The van der Waals surface area contributed by atoms with Crippen molar-refractivity contribution >= 4 is 11.8 Å². The van der Waals surface area contributed by atoms with Gasteiger partial charge in [0.25, 0.3) is 0 Å². The minimum Gasteiger partial charge on any atom is -0.465 e. The molecule has 0 bridgehead atoms. The van der Waals surface area contributed by atoms with Crippen LogP contribution in [-0.2, 0) is 12.7 Å². The van der Waals surface area contributed by atoms with Crippen LogP contribution < -0.4 is 4.90 Å². The van der Waals surface area contributed by atoms with Crippen LogP contribution in [0.15, 0.2) is 54.9 Å². The van der Waals surface area contributed by atoms with Crippen LogP contribution in [0.3, 0.4) is 0 Å². The van der Waals surface area contributed by atoms with Gasteiger partial charge in [-0.15, -0.1) is 5.10 Å². The second-order valence-electron chi connectivity index (χ2n) is 5.34. The molecule has 10 heteroatoms. The molecule has 0 atom stereocenters. The number of alkyl halides is 3. The molecule has 2 aromatic carbocycles. The Morgan fingerprint density at radius 3 is 2.58 bits per heavy atom. The Morgan fingerprint density at radius 2 is 1.92 bits per heavy atom. The monoisotopic (exact) mass is 363 g/mol. The zero-order valence-corrected chi connectivity index (χ0v) is 13.1. The summed E-state index contributed by atoms with van der Waals surface area (Å²) < 4.78 is 40.0. The third-order valence-corrected chi connectivity index (χ3v) is 3.58. The Morgan fingerprint density at radius 1 is 1.15 bits per heavy atom. The van der Waals surface area contributed by atoms with E-state index in [0.29, 0.717) is 11.3 Å². The number of aromatic nitrogens is 4. The standard InChI is InChI=1S/C16H12F3N5O2/c17-16(18,19)12-4-2-5-13(8-12)23(15(25)26)9-11-3-1-6-14(7-11)24-10-20-21-22-24/h1-8,10H,9H2,(H,25,26). The number of rotatable bonds is 4. The van der Waals surface area contributed by atoms with Gasteiger partial charge in [-0.05, 0) is 46.3 Å². The second-order valence-corrected chi connectivity index (χ2v) is 5.34. The molecule has 1 aromatic heterocycles. The van der Waals surface area contributed by atoms with Crippen molar-refractivity contribution in [3.05, 3.63) is 66.0 Å². The topological polar surface area (TPSA) is 84.1 Å². The Kier molecular flexibility index (Phi) is 4.57. The van der Waals surface area contributed by atoms with E-state index < -0.39 is 17.8 Å². The van der Waals surface area contributed by atoms with Gasteiger partial charge in [0.2, 0.25) is 0 Å². The summed E-state index contributed by atoms with van der Waals surface area (Å²) in [6.45, 7) is -0.132. The van der Waals surface area contributed by atoms with E-state index in [1.165, 1.54) is 23.1 Å². The maximum absolute atomic E-state index is 12.9. The summed E-state index contributed by atoms with van der Waals surface area (Å²) in [4.78, 5) is 12.4. The molecule has 0 radical (unpaired) electrons. The number of carboxylic acid groups (broad SMARTS) is 1. The molecule has 26 heavy (non-hydrogen) atoms. The number of carbonyl (C=O) groups is 1. The van der Waals surface area contributed by atoms with E-state index in [4.69, 9.17) is 0 Å². The summed E-state index contributed by atoms with van der Waals surface area (Å²) in [5.41, 5.74) is 0.184. The summed E-state index contributed by atoms with van der Waals surface area (Å²) in [5, 5.41) is 20.2. The first-order valence-electron chi connectivity index (χ1n) is 7.34. The van der Waals surface area contributed by atoms with Gasteiger partial charge in [-0.1, -0.05) is 18.2 Å². The van der Waals surface area contributed by atoms with Crippen molar-refractivity contribution in [3.8, 4) is 5.69 Å². The molecule has 134 valence electrons. The van der Waals surface area contributed by atoms with Crippen LogP contribution in [-0.4, -0.2) is 31.4 Å². The zero-order chi connectivity index (χ0) is 18.7. The Bertz CT molecular complexity index is 912. The average Bonchev–Trinajstić information content (AvgIpc) is 3.14. The lowest BCUT2D eigenvalue weighted by atomic mass is 10.1. The minimum absolute atomic E-state index is 0.0693. The first-order chi connectivity index (χ1) is 12.3. The third-order valence-electron chi connectivity index (χ3n) is 3.58. The highest BCUT2D eigenvalue weighted by molar-refractivity contribution is 5.86. The van der Waals surface area contributed by atoms with E-state index in [1.807, 2.05) is 0 Å². The Labute approximate surface area is 145 Å². The van der Waals surface area contributed by atoms with Crippen molar-refractivity contribution in [1.29, 1.82) is 0 Å². The largest absolute Gasteiger partial charge is 0.465 e. The number of anilines is 1. The van der Waals surface area contributed by atoms with Gasteiger partial charge in [0.05, 0.1) is 17.8 Å². The first kappa shape index (κ1) is 17.4. The van der Waals surface area contributed by atoms with Crippen molar-refractivity contribution in [2.75, 3.05) is 4.90 Å². The number of halogens is 3. The Hall–Kier alpha value is -3.43. The fourth-order valence-electron chi connectivity index (χ4n) is 2.38. The number of benzene rings is 2.